The van der Waals surface area contributed by atoms with Crippen molar-refractivity contribution in [2.45, 2.75) is 25.8 Å². The standard InChI is InChI=1S/C23H30N6O.HI/c1-3-24-23(25-13-11-18-17-29-14-7-6-10-22(29)26-18)27-19-12-15-28(16-19)20-8-4-5-9-21(20)30-2;/h4-10,14,17,19H,3,11-13,15-16H2,1-2H3,(H2,24,25,27);1H. The summed E-state index contributed by atoms with van der Waals surface area (Å²) in [5.74, 6) is 1.79. The highest BCUT2D eigenvalue weighted by atomic mass is 127. The summed E-state index contributed by atoms with van der Waals surface area (Å²) in [6.45, 7) is 5.55. The number of halogens is 1. The molecule has 0 saturated carbocycles. The van der Waals surface area contributed by atoms with Crippen molar-refractivity contribution in [1.82, 2.24) is 20.0 Å². The Morgan fingerprint density at radius 3 is 2.87 bits per heavy atom. The maximum absolute atomic E-state index is 5.52. The molecule has 1 atom stereocenters. The molecule has 2 aromatic heterocycles. The van der Waals surface area contributed by atoms with Gasteiger partial charge in [0.25, 0.3) is 0 Å². The molecule has 1 aromatic carbocycles. The summed E-state index contributed by atoms with van der Waals surface area (Å²) in [6, 6.07) is 14.6. The number of fused-ring (bicyclic) bond motifs is 1. The lowest BCUT2D eigenvalue weighted by Crippen LogP contribution is -2.44. The van der Waals surface area contributed by atoms with Crippen LogP contribution >= 0.6 is 24.0 Å². The molecule has 0 aliphatic carbocycles. The van der Waals surface area contributed by atoms with Gasteiger partial charge in [0, 0.05) is 51.0 Å². The third kappa shape index (κ3) is 5.81. The number of hydrogen-bond acceptors (Lipinski definition) is 4. The predicted octanol–water partition coefficient (Wildman–Crippen LogP) is 3.34. The molecule has 31 heavy (non-hydrogen) atoms. The fraction of sp³-hybridized carbons (Fsp3) is 0.391. The van der Waals surface area contributed by atoms with Crippen molar-refractivity contribution in [2.75, 3.05) is 38.2 Å². The lowest BCUT2D eigenvalue weighted by atomic mass is 10.2. The number of nitrogens with one attached hydrogen (secondary N) is 2. The first kappa shape index (κ1) is 23.2. The Balaban J connectivity index is 0.00000272. The number of imidazole rings is 1. The van der Waals surface area contributed by atoms with Gasteiger partial charge >= 0.3 is 0 Å². The smallest absolute Gasteiger partial charge is 0.191 e. The molecule has 1 unspecified atom stereocenters. The molecule has 1 aliphatic heterocycles. The number of ether oxygens (including phenoxy) is 1. The number of hydrogen-bond donors (Lipinski definition) is 2. The van der Waals surface area contributed by atoms with E-state index in [2.05, 4.69) is 45.8 Å². The molecule has 0 radical (unpaired) electrons. The first-order valence-electron chi connectivity index (χ1n) is 10.6. The molecule has 0 amide bonds. The number of benzene rings is 1. The Labute approximate surface area is 200 Å². The van der Waals surface area contributed by atoms with Crippen LogP contribution in [0.3, 0.4) is 0 Å². The van der Waals surface area contributed by atoms with Crippen molar-refractivity contribution in [2.24, 2.45) is 4.99 Å². The highest BCUT2D eigenvalue weighted by Crippen LogP contribution is 2.30. The minimum atomic E-state index is 0. The van der Waals surface area contributed by atoms with Crippen LogP contribution in [0.25, 0.3) is 5.65 Å². The van der Waals surface area contributed by atoms with Crippen LogP contribution in [0.15, 0.2) is 59.9 Å². The summed E-state index contributed by atoms with van der Waals surface area (Å²) in [5.41, 5.74) is 3.19. The number of pyridine rings is 1. The molecule has 0 bridgehead atoms. The minimum Gasteiger partial charge on any atom is -0.495 e. The van der Waals surface area contributed by atoms with Crippen LogP contribution in [0.4, 0.5) is 5.69 Å². The van der Waals surface area contributed by atoms with Gasteiger partial charge in [-0.05, 0) is 37.6 Å². The Bertz CT molecular complexity index is 971. The molecule has 166 valence electrons. The van der Waals surface area contributed by atoms with Gasteiger partial charge in [0.05, 0.1) is 18.5 Å². The Morgan fingerprint density at radius 2 is 2.06 bits per heavy atom. The number of para-hydroxylation sites is 2. The van der Waals surface area contributed by atoms with Gasteiger partial charge < -0.3 is 24.7 Å². The lowest BCUT2D eigenvalue weighted by Gasteiger charge is -2.22. The predicted molar refractivity (Wildman–Crippen MR) is 137 cm³/mol. The molecule has 3 heterocycles. The first-order valence-corrected chi connectivity index (χ1v) is 10.6. The van der Waals surface area contributed by atoms with E-state index in [0.717, 1.165) is 61.2 Å². The number of rotatable bonds is 7. The number of aliphatic imine (C=N–C) groups is 1. The van der Waals surface area contributed by atoms with Crippen molar-refractivity contribution in [3.8, 4) is 5.75 Å². The maximum Gasteiger partial charge on any atom is 0.191 e. The van der Waals surface area contributed by atoms with E-state index in [1.54, 1.807) is 7.11 Å². The topological polar surface area (TPSA) is 66.2 Å². The SMILES string of the molecule is CCNC(=NCCc1cn2ccccc2n1)NC1CCN(c2ccccc2OC)C1.I. The molecule has 0 spiro atoms. The van der Waals surface area contributed by atoms with E-state index < -0.39 is 0 Å². The van der Waals surface area contributed by atoms with Crippen LogP contribution < -0.4 is 20.3 Å². The van der Waals surface area contributed by atoms with E-state index in [0.29, 0.717) is 12.6 Å². The summed E-state index contributed by atoms with van der Waals surface area (Å²) < 4.78 is 7.57. The molecule has 1 aliphatic rings. The summed E-state index contributed by atoms with van der Waals surface area (Å²) >= 11 is 0. The summed E-state index contributed by atoms with van der Waals surface area (Å²) in [7, 11) is 1.73. The molecular weight excluding hydrogens is 503 g/mol. The molecule has 2 N–H and O–H groups in total. The quantitative estimate of drug-likeness (QED) is 0.277. The Kier molecular flexibility index (Phi) is 8.39. The normalized spacial score (nSPS) is 16.3. The van der Waals surface area contributed by atoms with Gasteiger partial charge in [-0.2, -0.15) is 0 Å². The second kappa shape index (κ2) is 11.2. The highest BCUT2D eigenvalue weighted by molar-refractivity contribution is 14.0. The summed E-state index contributed by atoms with van der Waals surface area (Å²) in [6.07, 6.45) is 5.98. The van der Waals surface area contributed by atoms with E-state index in [1.165, 1.54) is 0 Å². The van der Waals surface area contributed by atoms with Gasteiger partial charge in [0.15, 0.2) is 5.96 Å². The largest absolute Gasteiger partial charge is 0.495 e. The van der Waals surface area contributed by atoms with Gasteiger partial charge in [-0.15, -0.1) is 24.0 Å². The van der Waals surface area contributed by atoms with E-state index in [1.807, 2.05) is 40.9 Å². The van der Waals surface area contributed by atoms with Crippen molar-refractivity contribution in [1.29, 1.82) is 0 Å². The summed E-state index contributed by atoms with van der Waals surface area (Å²) in [5, 5.41) is 6.97. The zero-order chi connectivity index (χ0) is 20.8. The van der Waals surface area contributed by atoms with E-state index in [4.69, 9.17) is 9.73 Å². The second-order valence-electron chi connectivity index (χ2n) is 7.46. The van der Waals surface area contributed by atoms with Crippen molar-refractivity contribution in [3.63, 3.8) is 0 Å². The average molecular weight is 534 g/mol. The van der Waals surface area contributed by atoms with E-state index in [-0.39, 0.29) is 24.0 Å². The van der Waals surface area contributed by atoms with Crippen LogP contribution in [0.5, 0.6) is 5.75 Å². The summed E-state index contributed by atoms with van der Waals surface area (Å²) in [4.78, 5) is 11.8. The van der Waals surface area contributed by atoms with Crippen molar-refractivity contribution in [3.05, 3.63) is 60.6 Å². The highest BCUT2D eigenvalue weighted by Gasteiger charge is 2.25. The third-order valence-electron chi connectivity index (χ3n) is 5.35. The fourth-order valence-corrected chi connectivity index (χ4v) is 3.89. The molecule has 3 aromatic rings. The third-order valence-corrected chi connectivity index (χ3v) is 5.35. The van der Waals surface area contributed by atoms with Crippen LogP contribution in [-0.2, 0) is 6.42 Å². The van der Waals surface area contributed by atoms with Gasteiger partial charge in [0.1, 0.15) is 11.4 Å². The lowest BCUT2D eigenvalue weighted by molar-refractivity contribution is 0.415. The zero-order valence-electron chi connectivity index (χ0n) is 18.1. The number of anilines is 1. The molecule has 1 fully saturated rings. The Hall–Kier alpha value is -2.49. The van der Waals surface area contributed by atoms with Gasteiger partial charge in [-0.3, -0.25) is 4.99 Å². The van der Waals surface area contributed by atoms with E-state index in [9.17, 15) is 0 Å². The van der Waals surface area contributed by atoms with Gasteiger partial charge in [-0.25, -0.2) is 4.98 Å². The Morgan fingerprint density at radius 1 is 1.23 bits per heavy atom. The molecule has 1 saturated heterocycles. The minimum absolute atomic E-state index is 0. The number of nitrogens with zero attached hydrogens (tertiary/aromatic N) is 4. The second-order valence-corrected chi connectivity index (χ2v) is 7.46. The average Bonchev–Trinajstić information content (AvgIpc) is 3.40. The number of aromatic nitrogens is 2. The molecular formula is C23H31IN6O. The van der Waals surface area contributed by atoms with Crippen LogP contribution in [0.2, 0.25) is 0 Å². The van der Waals surface area contributed by atoms with Crippen LogP contribution in [0, 0.1) is 0 Å². The fourth-order valence-electron chi connectivity index (χ4n) is 3.89. The van der Waals surface area contributed by atoms with Gasteiger partial charge in [-0.1, -0.05) is 18.2 Å². The van der Waals surface area contributed by atoms with Crippen molar-refractivity contribution >= 4 is 41.3 Å². The monoisotopic (exact) mass is 534 g/mol. The molecule has 8 heteroatoms. The molecule has 4 rings (SSSR count). The van der Waals surface area contributed by atoms with Crippen LogP contribution in [0.1, 0.15) is 19.0 Å². The number of methoxy groups -OCH3 is 1. The van der Waals surface area contributed by atoms with Gasteiger partial charge in [0.2, 0.25) is 0 Å². The zero-order valence-corrected chi connectivity index (χ0v) is 20.5. The number of guanidine groups is 1. The van der Waals surface area contributed by atoms with Crippen LogP contribution in [-0.4, -0.2) is 54.7 Å². The maximum atomic E-state index is 5.52. The molecule has 7 nitrogen and oxygen atoms in total. The first-order chi connectivity index (χ1) is 14.8. The van der Waals surface area contributed by atoms with Crippen molar-refractivity contribution < 1.29 is 4.74 Å². The van der Waals surface area contributed by atoms with E-state index >= 15 is 0 Å².